The van der Waals surface area contributed by atoms with E-state index in [1.165, 1.54) is 23.9 Å². The lowest BCUT2D eigenvalue weighted by molar-refractivity contribution is 0.506. The predicted octanol–water partition coefficient (Wildman–Crippen LogP) is 3.71. The maximum atomic E-state index is 13.5. The quantitative estimate of drug-likeness (QED) is 0.691. The number of nitrogens with two attached hydrogens (primary N) is 1. The topological polar surface area (TPSA) is 26.0 Å². The second-order valence-electron chi connectivity index (χ2n) is 4.18. The average molecular weight is 307 g/mol. The monoisotopic (exact) mass is 307 g/mol. The lowest BCUT2D eigenvalue weighted by Gasteiger charge is -2.04. The van der Waals surface area contributed by atoms with Crippen molar-refractivity contribution in [3.8, 4) is 11.8 Å². The summed E-state index contributed by atoms with van der Waals surface area (Å²) >= 11 is 1.33. The fourth-order valence-electron chi connectivity index (χ4n) is 1.64. The molecule has 0 aliphatic heterocycles. The summed E-state index contributed by atoms with van der Waals surface area (Å²) in [5.74, 6) is 3.60. The molecule has 2 aromatic carbocycles. The van der Waals surface area contributed by atoms with Crippen molar-refractivity contribution in [1.29, 1.82) is 0 Å². The number of hydrogen-bond acceptors (Lipinski definition) is 2. The van der Waals surface area contributed by atoms with Crippen LogP contribution in [0.3, 0.4) is 0 Å². The van der Waals surface area contributed by atoms with Crippen molar-refractivity contribution >= 4 is 11.8 Å². The third kappa shape index (κ3) is 4.28. The highest BCUT2D eigenvalue weighted by Gasteiger charge is 2.05. The molecule has 0 heterocycles. The van der Waals surface area contributed by atoms with Crippen molar-refractivity contribution in [1.82, 2.24) is 0 Å². The Morgan fingerprint density at radius 1 is 0.952 bits per heavy atom. The maximum absolute atomic E-state index is 13.5. The molecule has 2 aromatic rings. The molecule has 0 aromatic heterocycles. The van der Waals surface area contributed by atoms with Gasteiger partial charge in [-0.1, -0.05) is 17.9 Å². The molecule has 0 atom stereocenters. The average Bonchev–Trinajstić information content (AvgIpc) is 2.48. The Hall–Kier alpha value is -1.90. The highest BCUT2D eigenvalue weighted by Crippen LogP contribution is 2.25. The first kappa shape index (κ1) is 15.5. The van der Waals surface area contributed by atoms with Crippen LogP contribution in [0.2, 0.25) is 0 Å². The van der Waals surface area contributed by atoms with Gasteiger partial charge in [-0.2, -0.15) is 0 Å². The van der Waals surface area contributed by atoms with E-state index in [0.717, 1.165) is 17.7 Å². The third-order valence-corrected chi connectivity index (χ3v) is 3.72. The van der Waals surface area contributed by atoms with E-state index in [9.17, 15) is 13.2 Å². The van der Waals surface area contributed by atoms with Gasteiger partial charge in [0.2, 0.25) is 0 Å². The lowest BCUT2D eigenvalue weighted by atomic mass is 10.1. The molecule has 1 nitrogen and oxygen atoms in total. The van der Waals surface area contributed by atoms with Crippen LogP contribution in [0, 0.1) is 29.3 Å². The molecule has 108 valence electrons. The maximum Gasteiger partial charge on any atom is 0.159 e. The van der Waals surface area contributed by atoms with Crippen LogP contribution in [-0.4, -0.2) is 6.54 Å². The van der Waals surface area contributed by atoms with E-state index in [1.54, 1.807) is 12.1 Å². The van der Waals surface area contributed by atoms with E-state index in [1.807, 2.05) is 0 Å². The fraction of sp³-hybridized carbons (Fsp3) is 0.125. The van der Waals surface area contributed by atoms with Crippen molar-refractivity contribution in [3.63, 3.8) is 0 Å². The van der Waals surface area contributed by atoms with Crippen LogP contribution in [0.25, 0.3) is 0 Å². The van der Waals surface area contributed by atoms with E-state index < -0.39 is 17.5 Å². The zero-order valence-corrected chi connectivity index (χ0v) is 11.8. The van der Waals surface area contributed by atoms with E-state index >= 15 is 0 Å². The molecule has 0 aliphatic rings. The second kappa shape index (κ2) is 7.21. The summed E-state index contributed by atoms with van der Waals surface area (Å²) in [6.07, 6.45) is 0. The van der Waals surface area contributed by atoms with Crippen molar-refractivity contribution in [2.45, 2.75) is 10.6 Å². The summed E-state index contributed by atoms with van der Waals surface area (Å²) in [4.78, 5) is 0.604. The van der Waals surface area contributed by atoms with Gasteiger partial charge in [-0.3, -0.25) is 0 Å². The van der Waals surface area contributed by atoms with E-state index in [4.69, 9.17) is 5.73 Å². The Morgan fingerprint density at radius 2 is 1.71 bits per heavy atom. The van der Waals surface area contributed by atoms with Gasteiger partial charge in [-0.25, -0.2) is 13.2 Å². The van der Waals surface area contributed by atoms with E-state index in [0.29, 0.717) is 10.6 Å². The summed E-state index contributed by atoms with van der Waals surface area (Å²) in [6, 6.07) is 8.32. The highest BCUT2D eigenvalue weighted by molar-refractivity contribution is 7.98. The van der Waals surface area contributed by atoms with Crippen molar-refractivity contribution in [3.05, 3.63) is 65.0 Å². The molecule has 0 aliphatic carbocycles. The Bertz CT molecular complexity index is 704. The summed E-state index contributed by atoms with van der Waals surface area (Å²) < 4.78 is 39.4. The van der Waals surface area contributed by atoms with Crippen LogP contribution in [0.15, 0.2) is 41.3 Å². The van der Waals surface area contributed by atoms with Gasteiger partial charge < -0.3 is 5.73 Å². The molecular weight excluding hydrogens is 295 g/mol. The zero-order chi connectivity index (χ0) is 15.2. The molecule has 0 unspecified atom stereocenters. The first-order valence-electron chi connectivity index (χ1n) is 6.15. The summed E-state index contributed by atoms with van der Waals surface area (Å²) in [7, 11) is 0. The SMILES string of the molecule is NCC#Cc1cc(CSc2ccc(F)c(F)c2)ccc1F. The van der Waals surface area contributed by atoms with Crippen molar-refractivity contribution in [2.24, 2.45) is 5.73 Å². The molecule has 0 amide bonds. The van der Waals surface area contributed by atoms with Crippen LogP contribution in [0.4, 0.5) is 13.2 Å². The minimum absolute atomic E-state index is 0.160. The fourth-order valence-corrected chi connectivity index (χ4v) is 2.50. The first-order valence-corrected chi connectivity index (χ1v) is 7.14. The number of benzene rings is 2. The van der Waals surface area contributed by atoms with Gasteiger partial charge in [0.15, 0.2) is 11.6 Å². The molecule has 0 fully saturated rings. The molecule has 21 heavy (non-hydrogen) atoms. The van der Waals surface area contributed by atoms with Gasteiger partial charge in [0.25, 0.3) is 0 Å². The normalized spacial score (nSPS) is 10.1. The number of hydrogen-bond donors (Lipinski definition) is 1. The van der Waals surface area contributed by atoms with Crippen molar-refractivity contribution < 1.29 is 13.2 Å². The van der Waals surface area contributed by atoms with Crippen LogP contribution in [-0.2, 0) is 5.75 Å². The molecule has 0 spiro atoms. The molecule has 2 rings (SSSR count). The molecule has 0 radical (unpaired) electrons. The molecule has 0 saturated carbocycles. The molecule has 2 N–H and O–H groups in total. The van der Waals surface area contributed by atoms with Gasteiger partial charge in [0, 0.05) is 10.6 Å². The van der Waals surface area contributed by atoms with Gasteiger partial charge in [-0.05, 0) is 35.9 Å². The smallest absolute Gasteiger partial charge is 0.159 e. The van der Waals surface area contributed by atoms with Gasteiger partial charge in [0.05, 0.1) is 12.1 Å². The predicted molar refractivity (Wildman–Crippen MR) is 78.3 cm³/mol. The highest BCUT2D eigenvalue weighted by atomic mass is 32.2. The Kier molecular flexibility index (Phi) is 5.32. The molecular formula is C16H12F3NS. The first-order chi connectivity index (χ1) is 10.1. The minimum atomic E-state index is -0.881. The third-order valence-electron chi connectivity index (χ3n) is 2.65. The van der Waals surface area contributed by atoms with Crippen LogP contribution >= 0.6 is 11.8 Å². The number of thioether (sulfide) groups is 1. The Balaban J connectivity index is 2.11. The molecule has 0 bridgehead atoms. The van der Waals surface area contributed by atoms with Crippen LogP contribution in [0.5, 0.6) is 0 Å². The summed E-state index contributed by atoms with van der Waals surface area (Å²) in [5, 5.41) is 0. The molecule has 0 saturated heterocycles. The van der Waals surface area contributed by atoms with Crippen molar-refractivity contribution in [2.75, 3.05) is 6.54 Å². The Morgan fingerprint density at radius 3 is 2.43 bits per heavy atom. The summed E-state index contributed by atoms with van der Waals surface area (Å²) in [6.45, 7) is 0.160. The minimum Gasteiger partial charge on any atom is -0.320 e. The van der Waals surface area contributed by atoms with Gasteiger partial charge in [0.1, 0.15) is 5.82 Å². The van der Waals surface area contributed by atoms with Gasteiger partial charge in [-0.15, -0.1) is 11.8 Å². The second-order valence-corrected chi connectivity index (χ2v) is 5.23. The lowest BCUT2D eigenvalue weighted by Crippen LogP contribution is -1.94. The molecule has 5 heteroatoms. The van der Waals surface area contributed by atoms with E-state index in [-0.39, 0.29) is 12.1 Å². The van der Waals surface area contributed by atoms with Crippen LogP contribution < -0.4 is 5.73 Å². The number of rotatable bonds is 3. The summed E-state index contributed by atoms with van der Waals surface area (Å²) in [5.41, 5.74) is 6.38. The van der Waals surface area contributed by atoms with E-state index in [2.05, 4.69) is 11.8 Å². The van der Waals surface area contributed by atoms with Crippen LogP contribution in [0.1, 0.15) is 11.1 Å². The van der Waals surface area contributed by atoms with Gasteiger partial charge >= 0.3 is 0 Å². The largest absolute Gasteiger partial charge is 0.320 e. The zero-order valence-electron chi connectivity index (χ0n) is 11.0. The standard InChI is InChI=1S/C16H12F3NS/c17-14-5-3-11(8-12(14)2-1-7-20)10-21-13-4-6-15(18)16(19)9-13/h3-6,8-9H,7,10,20H2. The Labute approximate surface area is 125 Å². The number of halogens is 3.